The lowest BCUT2D eigenvalue weighted by Gasteiger charge is -2.23. The third-order valence-corrected chi connectivity index (χ3v) is 7.05. The monoisotopic (exact) mass is 515 g/mol. The Kier molecular flexibility index (Phi) is 7.31. The van der Waals surface area contributed by atoms with Gasteiger partial charge in [-0.15, -0.1) is 0 Å². The van der Waals surface area contributed by atoms with Crippen LogP contribution in [-0.2, 0) is 17.6 Å². The van der Waals surface area contributed by atoms with Crippen molar-refractivity contribution in [2.75, 3.05) is 25.0 Å². The number of hydrogen-bond donors (Lipinski definition) is 3. The molecule has 2 aliphatic rings. The molecule has 2 amide bonds. The normalized spacial score (nSPS) is 16.3. The molecule has 196 valence electrons. The van der Waals surface area contributed by atoms with E-state index in [2.05, 4.69) is 32.4 Å². The molecule has 1 aromatic carbocycles. The molecule has 0 spiro atoms. The number of nitrogens with one attached hydrogen (secondary N) is 3. The maximum Gasteiger partial charge on any atom is 0.298 e. The first kappa shape index (κ1) is 25.3. The highest BCUT2D eigenvalue weighted by atomic mass is 19.1. The Balaban J connectivity index is 1.51. The molecule has 0 bridgehead atoms. The third kappa shape index (κ3) is 4.82. The second-order valence-electron chi connectivity index (χ2n) is 9.33. The van der Waals surface area contributed by atoms with Gasteiger partial charge in [-0.1, -0.05) is 18.9 Å². The summed E-state index contributed by atoms with van der Waals surface area (Å²) in [5.41, 5.74) is 4.37. The summed E-state index contributed by atoms with van der Waals surface area (Å²) >= 11 is 0. The van der Waals surface area contributed by atoms with Crippen LogP contribution < -0.4 is 15.4 Å². The molecule has 4 heterocycles. The maximum absolute atomic E-state index is 14.6. The van der Waals surface area contributed by atoms with Crippen molar-refractivity contribution < 1.29 is 18.7 Å². The Hall–Kier alpha value is -4.32. The van der Waals surface area contributed by atoms with E-state index in [1.165, 1.54) is 6.07 Å². The molecule has 3 N–H and O–H groups in total. The standard InChI is InChI=1S/C29H30FN5O3/c1-3-7-25(36)35-15-6-8-18(35)17-38-24-16-31-13-11-20(24)27-28(26-23(34-27)12-14-32-29(26)37)33-22-10-5-9-21(30)19(22)4-2/h5,9-11,13,16,18,33-34H,4,6,8,12,14-15,17H2,1-2H3,(H,32,37)/t18-/m0/s1. The number of aromatic nitrogens is 2. The van der Waals surface area contributed by atoms with E-state index in [9.17, 15) is 14.0 Å². The first-order chi connectivity index (χ1) is 18.5. The number of nitrogens with zero attached hydrogens (tertiary/aromatic N) is 2. The number of carbonyl (C=O) groups is 2. The molecule has 5 rings (SSSR count). The van der Waals surface area contributed by atoms with Gasteiger partial charge in [0.25, 0.3) is 11.8 Å². The first-order valence-electron chi connectivity index (χ1n) is 12.9. The maximum atomic E-state index is 14.6. The van der Waals surface area contributed by atoms with Gasteiger partial charge in [-0.2, -0.15) is 0 Å². The van der Waals surface area contributed by atoms with Crippen LogP contribution in [0.3, 0.4) is 0 Å². The van der Waals surface area contributed by atoms with Crippen LogP contribution >= 0.6 is 0 Å². The number of anilines is 2. The van der Waals surface area contributed by atoms with Crippen LogP contribution in [0.5, 0.6) is 5.75 Å². The lowest BCUT2D eigenvalue weighted by atomic mass is 10.0. The fourth-order valence-electron chi connectivity index (χ4n) is 5.22. The van der Waals surface area contributed by atoms with Crippen LogP contribution in [0.2, 0.25) is 0 Å². The number of aromatic amines is 1. The van der Waals surface area contributed by atoms with Gasteiger partial charge < -0.3 is 25.3 Å². The number of ether oxygens (including phenoxy) is 1. The number of H-pyrrole nitrogens is 1. The predicted molar refractivity (Wildman–Crippen MR) is 143 cm³/mol. The van der Waals surface area contributed by atoms with Gasteiger partial charge >= 0.3 is 0 Å². The van der Waals surface area contributed by atoms with E-state index in [1.807, 2.05) is 13.0 Å². The van der Waals surface area contributed by atoms with E-state index in [0.29, 0.717) is 72.0 Å². The van der Waals surface area contributed by atoms with Crippen LogP contribution in [0.1, 0.15) is 48.3 Å². The zero-order valence-corrected chi connectivity index (χ0v) is 21.5. The molecule has 1 atom stereocenters. The van der Waals surface area contributed by atoms with Crippen molar-refractivity contribution in [2.45, 2.75) is 45.6 Å². The van der Waals surface area contributed by atoms with E-state index in [1.54, 1.807) is 36.4 Å². The number of fused-ring (bicyclic) bond motifs is 1. The Bertz CT molecular complexity index is 1440. The lowest BCUT2D eigenvalue weighted by molar-refractivity contribution is -0.126. The summed E-state index contributed by atoms with van der Waals surface area (Å²) in [7, 11) is 0. The zero-order valence-electron chi connectivity index (χ0n) is 21.5. The molecule has 1 fully saturated rings. The van der Waals surface area contributed by atoms with Gasteiger partial charge in [0.2, 0.25) is 0 Å². The quantitative estimate of drug-likeness (QED) is 0.410. The zero-order chi connectivity index (χ0) is 26.6. The molecular weight excluding hydrogens is 485 g/mol. The molecule has 1 saturated heterocycles. The van der Waals surface area contributed by atoms with E-state index < -0.39 is 0 Å². The Morgan fingerprint density at radius 2 is 2.21 bits per heavy atom. The number of benzene rings is 1. The van der Waals surface area contributed by atoms with Crippen molar-refractivity contribution in [1.82, 2.24) is 20.2 Å². The summed E-state index contributed by atoms with van der Waals surface area (Å²) in [4.78, 5) is 34.8. The lowest BCUT2D eigenvalue weighted by Crippen LogP contribution is -2.38. The van der Waals surface area contributed by atoms with Gasteiger partial charge in [0.15, 0.2) is 0 Å². The molecule has 9 heteroatoms. The second kappa shape index (κ2) is 11.0. The highest BCUT2D eigenvalue weighted by Gasteiger charge is 2.31. The molecule has 0 radical (unpaired) electrons. The summed E-state index contributed by atoms with van der Waals surface area (Å²) in [6, 6.07) is 6.62. The van der Waals surface area contributed by atoms with Crippen LogP contribution in [0.15, 0.2) is 36.7 Å². The smallest absolute Gasteiger partial charge is 0.298 e. The highest BCUT2D eigenvalue weighted by Crippen LogP contribution is 2.41. The van der Waals surface area contributed by atoms with E-state index in [-0.39, 0.29) is 23.7 Å². The second-order valence-corrected chi connectivity index (χ2v) is 9.33. The largest absolute Gasteiger partial charge is 0.489 e. The molecule has 2 aliphatic heterocycles. The summed E-state index contributed by atoms with van der Waals surface area (Å²) in [6.07, 6.45) is 6.14. The third-order valence-electron chi connectivity index (χ3n) is 7.05. The van der Waals surface area contributed by atoms with Crippen LogP contribution in [0.4, 0.5) is 15.8 Å². The van der Waals surface area contributed by atoms with E-state index >= 15 is 0 Å². The van der Waals surface area contributed by atoms with E-state index in [4.69, 9.17) is 4.74 Å². The highest BCUT2D eigenvalue weighted by molar-refractivity contribution is 6.06. The van der Waals surface area contributed by atoms with Crippen LogP contribution in [0.25, 0.3) is 11.3 Å². The average molecular weight is 516 g/mol. The minimum absolute atomic E-state index is 0.0870. The summed E-state index contributed by atoms with van der Waals surface area (Å²) in [5, 5.41) is 6.26. The Morgan fingerprint density at radius 1 is 1.34 bits per heavy atom. The molecule has 8 nitrogen and oxygen atoms in total. The van der Waals surface area contributed by atoms with Gasteiger partial charge in [0.05, 0.1) is 29.2 Å². The van der Waals surface area contributed by atoms with Crippen LogP contribution in [0, 0.1) is 17.7 Å². The molecule has 2 aromatic heterocycles. The number of carbonyl (C=O) groups excluding carboxylic acids is 2. The minimum atomic E-state index is -0.302. The topological polar surface area (TPSA) is 99.3 Å². The van der Waals surface area contributed by atoms with Gasteiger partial charge in [-0.25, -0.2) is 4.39 Å². The van der Waals surface area contributed by atoms with Crippen molar-refractivity contribution in [3.63, 3.8) is 0 Å². The average Bonchev–Trinajstić information content (AvgIpc) is 3.53. The van der Waals surface area contributed by atoms with Crippen molar-refractivity contribution in [3.8, 4) is 28.8 Å². The van der Waals surface area contributed by atoms with Crippen molar-refractivity contribution in [3.05, 3.63) is 59.3 Å². The van der Waals surface area contributed by atoms with Crippen molar-refractivity contribution in [2.24, 2.45) is 0 Å². The summed E-state index contributed by atoms with van der Waals surface area (Å²) in [6.45, 7) is 5.01. The number of amides is 2. The molecule has 38 heavy (non-hydrogen) atoms. The molecule has 3 aromatic rings. The SMILES string of the molecule is CC#CC(=O)N1CCC[C@H]1COc1cnccc1-c1[nH]c2c(c1Nc1cccc(F)c1CC)C(=O)NCC2. The molecule has 0 unspecified atom stereocenters. The van der Waals surface area contributed by atoms with E-state index in [0.717, 1.165) is 18.5 Å². The number of likely N-dealkylation sites (tertiary alicyclic amines) is 1. The molecule has 0 aliphatic carbocycles. The predicted octanol–water partition coefficient (Wildman–Crippen LogP) is 4.20. The van der Waals surface area contributed by atoms with Crippen molar-refractivity contribution in [1.29, 1.82) is 0 Å². The number of pyridine rings is 1. The fourth-order valence-corrected chi connectivity index (χ4v) is 5.22. The minimum Gasteiger partial charge on any atom is -0.489 e. The molecular formula is C29H30FN5O3. The first-order valence-corrected chi connectivity index (χ1v) is 12.9. The van der Waals surface area contributed by atoms with Gasteiger partial charge in [-0.05, 0) is 50.3 Å². The Morgan fingerprint density at radius 3 is 3.03 bits per heavy atom. The van der Waals surface area contributed by atoms with Gasteiger partial charge in [-0.3, -0.25) is 14.6 Å². The number of hydrogen-bond acceptors (Lipinski definition) is 5. The number of rotatable bonds is 7. The Labute approximate surface area is 221 Å². The summed E-state index contributed by atoms with van der Waals surface area (Å²) < 4.78 is 20.8. The molecule has 0 saturated carbocycles. The van der Waals surface area contributed by atoms with Gasteiger partial charge in [0, 0.05) is 48.2 Å². The van der Waals surface area contributed by atoms with Gasteiger partial charge in [0.1, 0.15) is 18.2 Å². The fraction of sp³-hybridized carbons (Fsp3) is 0.345. The van der Waals surface area contributed by atoms with Crippen molar-refractivity contribution >= 4 is 23.2 Å². The summed E-state index contributed by atoms with van der Waals surface area (Å²) in [5.74, 6) is 5.12. The number of halogens is 1. The van der Waals surface area contributed by atoms with Crippen LogP contribution in [-0.4, -0.2) is 52.4 Å².